The second-order valence-electron chi connectivity index (χ2n) is 6.32. The fraction of sp³-hybridized carbons (Fsp3) is 0.412. The molecular weight excluding hydrogens is 340 g/mol. The lowest BCUT2D eigenvalue weighted by Crippen LogP contribution is -2.42. The predicted octanol–water partition coefficient (Wildman–Crippen LogP) is 1.36. The van der Waals surface area contributed by atoms with E-state index in [1.165, 1.54) is 10.6 Å². The number of carbonyl (C=O) groups excluding carboxylic acids is 1. The molecule has 8 heteroatoms. The molecule has 1 fully saturated rings. The molecule has 134 valence electrons. The normalized spacial score (nSPS) is 16.7. The van der Waals surface area contributed by atoms with Crippen molar-refractivity contribution in [3.63, 3.8) is 0 Å². The minimum absolute atomic E-state index is 0.00852. The number of H-pyrrole nitrogens is 1. The van der Waals surface area contributed by atoms with E-state index in [2.05, 4.69) is 15.5 Å². The van der Waals surface area contributed by atoms with Crippen LogP contribution < -0.4 is 5.32 Å². The molecule has 0 radical (unpaired) electrons. The van der Waals surface area contributed by atoms with Gasteiger partial charge in [-0.25, -0.2) is 12.7 Å². The van der Waals surface area contributed by atoms with Crippen molar-refractivity contribution in [1.82, 2.24) is 19.8 Å². The maximum absolute atomic E-state index is 12.3. The summed E-state index contributed by atoms with van der Waals surface area (Å²) < 4.78 is 24.4. The first-order valence-electron chi connectivity index (χ1n) is 8.25. The van der Waals surface area contributed by atoms with Crippen LogP contribution in [-0.4, -0.2) is 48.2 Å². The number of rotatable bonds is 5. The van der Waals surface area contributed by atoms with Gasteiger partial charge in [0, 0.05) is 31.7 Å². The first kappa shape index (κ1) is 17.6. The molecule has 2 heterocycles. The molecule has 2 N–H and O–H groups in total. The van der Waals surface area contributed by atoms with Crippen LogP contribution >= 0.6 is 0 Å². The van der Waals surface area contributed by atoms with Gasteiger partial charge < -0.3 is 5.32 Å². The molecular formula is C17H22N4O3S. The summed E-state index contributed by atoms with van der Waals surface area (Å²) in [5.41, 5.74) is 3.01. The van der Waals surface area contributed by atoms with Gasteiger partial charge in [0.2, 0.25) is 15.9 Å². The number of carbonyl (C=O) groups is 1. The van der Waals surface area contributed by atoms with E-state index in [1.54, 1.807) is 6.20 Å². The lowest BCUT2D eigenvalue weighted by molar-refractivity contribution is -0.126. The fourth-order valence-electron chi connectivity index (χ4n) is 3.00. The molecule has 1 amide bonds. The van der Waals surface area contributed by atoms with E-state index in [-0.39, 0.29) is 11.8 Å². The maximum Gasteiger partial charge on any atom is 0.223 e. The fourth-order valence-corrected chi connectivity index (χ4v) is 3.88. The minimum Gasteiger partial charge on any atom is -0.352 e. The minimum atomic E-state index is -3.16. The summed E-state index contributed by atoms with van der Waals surface area (Å²) in [4.78, 5) is 12.3. The second kappa shape index (κ2) is 7.37. The number of hydrogen-bond donors (Lipinski definition) is 2. The monoisotopic (exact) mass is 362 g/mol. The highest BCUT2D eigenvalue weighted by atomic mass is 32.2. The lowest BCUT2D eigenvalue weighted by atomic mass is 9.97. The van der Waals surface area contributed by atoms with Gasteiger partial charge in [0.25, 0.3) is 0 Å². The third-order valence-electron chi connectivity index (χ3n) is 4.53. The Hall–Kier alpha value is -2.19. The molecule has 3 rings (SSSR count). The van der Waals surface area contributed by atoms with Crippen LogP contribution in [0.5, 0.6) is 0 Å². The molecule has 0 bridgehead atoms. The van der Waals surface area contributed by atoms with Crippen LogP contribution in [0.15, 0.2) is 36.5 Å². The van der Waals surface area contributed by atoms with Crippen molar-refractivity contribution in [2.45, 2.75) is 19.4 Å². The Bertz CT molecular complexity index is 808. The van der Waals surface area contributed by atoms with E-state index >= 15 is 0 Å². The number of aromatic amines is 1. The third-order valence-corrected chi connectivity index (χ3v) is 5.83. The zero-order chi connectivity index (χ0) is 17.9. The van der Waals surface area contributed by atoms with E-state index in [4.69, 9.17) is 0 Å². The van der Waals surface area contributed by atoms with Crippen LogP contribution in [0.1, 0.15) is 18.4 Å². The first-order chi connectivity index (χ1) is 11.9. The molecule has 2 aromatic rings. The van der Waals surface area contributed by atoms with Crippen molar-refractivity contribution >= 4 is 15.9 Å². The number of nitrogens with zero attached hydrogens (tertiary/aromatic N) is 2. The van der Waals surface area contributed by atoms with Crippen LogP contribution in [0.4, 0.5) is 0 Å². The Kier molecular flexibility index (Phi) is 5.19. The molecule has 1 aromatic carbocycles. The van der Waals surface area contributed by atoms with E-state index in [0.29, 0.717) is 32.5 Å². The van der Waals surface area contributed by atoms with Crippen molar-refractivity contribution < 1.29 is 13.2 Å². The smallest absolute Gasteiger partial charge is 0.223 e. The molecule has 0 unspecified atom stereocenters. The van der Waals surface area contributed by atoms with E-state index in [1.807, 2.05) is 30.3 Å². The molecule has 0 aliphatic carbocycles. The number of hydrogen-bond acceptors (Lipinski definition) is 4. The Balaban J connectivity index is 1.49. The van der Waals surface area contributed by atoms with Gasteiger partial charge in [-0.15, -0.1) is 0 Å². The topological polar surface area (TPSA) is 95.2 Å². The van der Waals surface area contributed by atoms with Crippen LogP contribution in [0.3, 0.4) is 0 Å². The SMILES string of the molecule is CS(=O)(=O)N1CCC(C(=O)NCc2ccc(-c3ccn[nH]3)cc2)CC1. The van der Waals surface area contributed by atoms with Crippen molar-refractivity contribution in [2.75, 3.05) is 19.3 Å². The first-order valence-corrected chi connectivity index (χ1v) is 10.1. The summed E-state index contributed by atoms with van der Waals surface area (Å²) in [7, 11) is -3.16. The lowest BCUT2D eigenvalue weighted by Gasteiger charge is -2.29. The zero-order valence-electron chi connectivity index (χ0n) is 14.1. The van der Waals surface area contributed by atoms with E-state index < -0.39 is 10.0 Å². The Morgan fingerprint density at radius 1 is 1.24 bits per heavy atom. The zero-order valence-corrected chi connectivity index (χ0v) is 14.9. The summed E-state index contributed by atoms with van der Waals surface area (Å²) in [6.07, 6.45) is 4.05. The highest BCUT2D eigenvalue weighted by Crippen LogP contribution is 2.20. The van der Waals surface area contributed by atoms with Crippen molar-refractivity contribution in [3.05, 3.63) is 42.1 Å². The molecule has 0 spiro atoms. The van der Waals surface area contributed by atoms with Gasteiger partial charge in [0.05, 0.1) is 11.9 Å². The van der Waals surface area contributed by atoms with E-state index in [9.17, 15) is 13.2 Å². The average Bonchev–Trinajstić information content (AvgIpc) is 3.14. The number of sulfonamides is 1. The summed E-state index contributed by atoms with van der Waals surface area (Å²) in [5.74, 6) is -0.131. The average molecular weight is 362 g/mol. The highest BCUT2D eigenvalue weighted by molar-refractivity contribution is 7.88. The van der Waals surface area contributed by atoms with Gasteiger partial charge in [-0.1, -0.05) is 24.3 Å². The molecule has 1 saturated heterocycles. The van der Waals surface area contributed by atoms with Gasteiger partial charge in [0.1, 0.15) is 0 Å². The Labute approximate surface area is 147 Å². The van der Waals surface area contributed by atoms with Gasteiger partial charge >= 0.3 is 0 Å². The largest absolute Gasteiger partial charge is 0.352 e. The van der Waals surface area contributed by atoms with Crippen LogP contribution in [0, 0.1) is 5.92 Å². The summed E-state index contributed by atoms with van der Waals surface area (Å²) in [6.45, 7) is 1.29. The van der Waals surface area contributed by atoms with Crippen LogP contribution in [-0.2, 0) is 21.4 Å². The number of benzene rings is 1. The maximum atomic E-state index is 12.3. The molecule has 25 heavy (non-hydrogen) atoms. The standard InChI is InChI=1S/C17H22N4O3S/c1-25(23,24)21-10-7-15(8-11-21)17(22)18-12-13-2-4-14(5-3-13)16-6-9-19-20-16/h2-6,9,15H,7-8,10-12H2,1H3,(H,18,22)(H,19,20). The predicted molar refractivity (Wildman–Crippen MR) is 95.0 cm³/mol. The Morgan fingerprint density at radius 2 is 1.92 bits per heavy atom. The van der Waals surface area contributed by atoms with Crippen molar-refractivity contribution in [2.24, 2.45) is 5.92 Å². The summed E-state index contributed by atoms with van der Waals surface area (Å²) >= 11 is 0. The van der Waals surface area contributed by atoms with Gasteiger partial charge in [0.15, 0.2) is 0 Å². The van der Waals surface area contributed by atoms with Crippen molar-refractivity contribution in [1.29, 1.82) is 0 Å². The summed E-state index contributed by atoms with van der Waals surface area (Å²) in [6, 6.07) is 9.82. The number of amides is 1. The number of aromatic nitrogens is 2. The number of piperidine rings is 1. The number of nitrogens with one attached hydrogen (secondary N) is 2. The highest BCUT2D eigenvalue weighted by Gasteiger charge is 2.28. The van der Waals surface area contributed by atoms with Gasteiger partial charge in [-0.2, -0.15) is 5.10 Å². The van der Waals surface area contributed by atoms with Crippen molar-refractivity contribution in [3.8, 4) is 11.3 Å². The second-order valence-corrected chi connectivity index (χ2v) is 8.30. The van der Waals surface area contributed by atoms with Gasteiger partial charge in [-0.05, 0) is 30.0 Å². The molecule has 1 aliphatic rings. The quantitative estimate of drug-likeness (QED) is 0.840. The van der Waals surface area contributed by atoms with E-state index in [0.717, 1.165) is 16.8 Å². The molecule has 0 atom stereocenters. The van der Waals surface area contributed by atoms with Crippen LogP contribution in [0.2, 0.25) is 0 Å². The van der Waals surface area contributed by atoms with Gasteiger partial charge in [-0.3, -0.25) is 9.89 Å². The molecule has 7 nitrogen and oxygen atoms in total. The third kappa shape index (κ3) is 4.46. The summed E-state index contributed by atoms with van der Waals surface area (Å²) in [5, 5.41) is 9.79. The Morgan fingerprint density at radius 3 is 2.48 bits per heavy atom. The molecule has 1 aliphatic heterocycles. The molecule has 1 aromatic heterocycles. The molecule has 0 saturated carbocycles. The van der Waals surface area contributed by atoms with Crippen LogP contribution in [0.25, 0.3) is 11.3 Å².